The summed E-state index contributed by atoms with van der Waals surface area (Å²) in [6.45, 7) is 0.799. The van der Waals surface area contributed by atoms with Crippen LogP contribution in [0, 0.1) is 11.7 Å². The van der Waals surface area contributed by atoms with Gasteiger partial charge in [0.05, 0.1) is 30.8 Å². The lowest BCUT2D eigenvalue weighted by molar-refractivity contribution is -0.0837. The molecular weight excluding hydrogens is 389 g/mol. The third kappa shape index (κ3) is 4.15. The lowest BCUT2D eigenvalue weighted by Gasteiger charge is -2.46. The Labute approximate surface area is 174 Å². The molecule has 2 aliphatic rings. The molecule has 0 N–H and O–H groups in total. The molecule has 152 valence electrons. The number of nitrogens with zero attached hydrogens (tertiary/aromatic N) is 1. The van der Waals surface area contributed by atoms with Gasteiger partial charge in [0.25, 0.3) is 0 Å². The van der Waals surface area contributed by atoms with E-state index < -0.39 is 5.54 Å². The second-order valence-corrected chi connectivity index (χ2v) is 8.60. The maximum atomic E-state index is 14.8. The van der Waals surface area contributed by atoms with Gasteiger partial charge < -0.3 is 9.47 Å². The zero-order valence-electron chi connectivity index (χ0n) is 16.3. The lowest BCUT2D eigenvalue weighted by atomic mass is 9.75. The molecule has 2 heterocycles. The molecule has 1 fully saturated rings. The highest BCUT2D eigenvalue weighted by Gasteiger charge is 2.49. The Morgan fingerprint density at radius 1 is 1.24 bits per heavy atom. The van der Waals surface area contributed by atoms with Gasteiger partial charge in [0.2, 0.25) is 0 Å². The van der Waals surface area contributed by atoms with E-state index >= 15 is 0 Å². The molecule has 1 saturated heterocycles. The molecule has 0 bridgehead atoms. The summed E-state index contributed by atoms with van der Waals surface area (Å²) in [5, 5.41) is 0.743. The average Bonchev–Trinajstić information content (AvgIpc) is 2.75. The first kappa shape index (κ1) is 20.3. The van der Waals surface area contributed by atoms with Crippen molar-refractivity contribution in [1.29, 1.82) is 0 Å². The van der Waals surface area contributed by atoms with Gasteiger partial charge in [-0.15, -0.1) is 11.8 Å². The van der Waals surface area contributed by atoms with E-state index in [1.54, 1.807) is 31.0 Å². The molecule has 4 rings (SSSR count). The van der Waals surface area contributed by atoms with E-state index in [9.17, 15) is 9.18 Å². The standard InChI is InChI=1S/C23H24FNO3S/c1-27-13-18-11-17-14-29-22(12-21(26)16-7-3-2-4-8-16)25-23(17,15-28-18)19-9-5-6-10-20(19)24/h2-10,17-18H,11-15H2,1H3/t17-,18+,23-/m0/s1. The summed E-state index contributed by atoms with van der Waals surface area (Å²) in [5.41, 5.74) is 0.413. The van der Waals surface area contributed by atoms with Crippen LogP contribution in [0.3, 0.4) is 0 Å². The minimum atomic E-state index is -0.798. The predicted molar refractivity (Wildman–Crippen MR) is 113 cm³/mol. The number of rotatable bonds is 6. The van der Waals surface area contributed by atoms with Crippen LogP contribution < -0.4 is 0 Å². The first-order valence-corrected chi connectivity index (χ1v) is 10.8. The monoisotopic (exact) mass is 413 g/mol. The molecule has 2 aromatic rings. The van der Waals surface area contributed by atoms with Crippen molar-refractivity contribution in [2.24, 2.45) is 10.9 Å². The van der Waals surface area contributed by atoms with Crippen molar-refractivity contribution < 1.29 is 18.7 Å². The zero-order chi connectivity index (χ0) is 20.3. The zero-order valence-corrected chi connectivity index (χ0v) is 17.2. The van der Waals surface area contributed by atoms with Crippen LogP contribution in [0.4, 0.5) is 4.39 Å². The van der Waals surface area contributed by atoms with Crippen LogP contribution in [0.2, 0.25) is 0 Å². The van der Waals surface area contributed by atoms with Crippen LogP contribution in [0.15, 0.2) is 59.6 Å². The number of halogens is 1. The molecule has 2 aliphatic heterocycles. The molecule has 0 radical (unpaired) electrons. The van der Waals surface area contributed by atoms with Gasteiger partial charge in [-0.2, -0.15) is 0 Å². The summed E-state index contributed by atoms with van der Waals surface area (Å²) in [6, 6.07) is 16.0. The normalized spacial score (nSPS) is 26.5. The van der Waals surface area contributed by atoms with Crippen molar-refractivity contribution in [2.45, 2.75) is 24.5 Å². The highest BCUT2D eigenvalue weighted by atomic mass is 32.2. The summed E-state index contributed by atoms with van der Waals surface area (Å²) < 4.78 is 26.1. The van der Waals surface area contributed by atoms with E-state index in [0.29, 0.717) is 17.7 Å². The van der Waals surface area contributed by atoms with Crippen LogP contribution in [0.1, 0.15) is 28.8 Å². The average molecular weight is 414 g/mol. The summed E-state index contributed by atoms with van der Waals surface area (Å²) in [4.78, 5) is 17.7. The topological polar surface area (TPSA) is 47.9 Å². The third-order valence-corrected chi connectivity index (χ3v) is 6.78. The minimum absolute atomic E-state index is 0.0202. The van der Waals surface area contributed by atoms with Crippen molar-refractivity contribution in [3.8, 4) is 0 Å². The van der Waals surface area contributed by atoms with E-state index in [1.165, 1.54) is 6.07 Å². The number of Topliss-reactive ketones (excluding diaryl/α,β-unsaturated/α-hetero) is 1. The molecule has 0 saturated carbocycles. The number of ketones is 1. The Balaban J connectivity index is 1.67. The molecular formula is C23H24FNO3S. The van der Waals surface area contributed by atoms with Gasteiger partial charge >= 0.3 is 0 Å². The van der Waals surface area contributed by atoms with Gasteiger partial charge in [-0.25, -0.2) is 4.39 Å². The highest BCUT2D eigenvalue weighted by molar-refractivity contribution is 8.14. The summed E-state index contributed by atoms with van der Waals surface area (Å²) in [5.74, 6) is 0.635. The van der Waals surface area contributed by atoms with Gasteiger partial charge in [0.1, 0.15) is 11.4 Å². The van der Waals surface area contributed by atoms with Crippen LogP contribution in [0.25, 0.3) is 0 Å². The van der Waals surface area contributed by atoms with Crippen LogP contribution in [0.5, 0.6) is 0 Å². The molecule has 0 unspecified atom stereocenters. The minimum Gasteiger partial charge on any atom is -0.382 e. The maximum absolute atomic E-state index is 14.8. The number of fused-ring (bicyclic) bond motifs is 1. The summed E-state index contributed by atoms with van der Waals surface area (Å²) >= 11 is 1.60. The molecule has 0 spiro atoms. The lowest BCUT2D eigenvalue weighted by Crippen LogP contribution is -2.50. The fraction of sp³-hybridized carbons (Fsp3) is 0.391. The number of thioether (sulfide) groups is 1. The number of carbonyl (C=O) groups is 1. The van der Waals surface area contributed by atoms with Crippen LogP contribution in [-0.4, -0.2) is 43.0 Å². The number of aliphatic imine (C=N–C) groups is 1. The van der Waals surface area contributed by atoms with Gasteiger partial charge in [-0.3, -0.25) is 9.79 Å². The quantitative estimate of drug-likeness (QED) is 0.655. The Bertz CT molecular complexity index is 904. The van der Waals surface area contributed by atoms with Gasteiger partial charge in [-0.05, 0) is 12.5 Å². The molecule has 0 amide bonds. The van der Waals surface area contributed by atoms with Crippen molar-refractivity contribution in [1.82, 2.24) is 0 Å². The van der Waals surface area contributed by atoms with Gasteiger partial charge in [-0.1, -0.05) is 48.5 Å². The molecule has 0 aliphatic carbocycles. The highest BCUT2D eigenvalue weighted by Crippen LogP contribution is 2.47. The summed E-state index contributed by atoms with van der Waals surface area (Å²) in [6.07, 6.45) is 0.950. The van der Waals surface area contributed by atoms with Crippen LogP contribution in [-0.2, 0) is 15.0 Å². The second kappa shape index (κ2) is 8.78. The van der Waals surface area contributed by atoms with Crippen molar-refractivity contribution in [3.05, 3.63) is 71.5 Å². The van der Waals surface area contributed by atoms with Crippen molar-refractivity contribution in [3.63, 3.8) is 0 Å². The Kier molecular flexibility index (Phi) is 6.13. The second-order valence-electron chi connectivity index (χ2n) is 7.51. The van der Waals surface area contributed by atoms with E-state index in [4.69, 9.17) is 14.5 Å². The largest absolute Gasteiger partial charge is 0.382 e. The molecule has 2 aromatic carbocycles. The number of hydrogen-bond acceptors (Lipinski definition) is 5. The smallest absolute Gasteiger partial charge is 0.169 e. The molecule has 6 heteroatoms. The molecule has 3 atom stereocenters. The van der Waals surface area contributed by atoms with E-state index in [2.05, 4.69) is 0 Å². The first-order chi connectivity index (χ1) is 14.1. The van der Waals surface area contributed by atoms with E-state index in [-0.39, 0.29) is 36.7 Å². The summed E-state index contributed by atoms with van der Waals surface area (Å²) in [7, 11) is 1.66. The van der Waals surface area contributed by atoms with E-state index in [1.807, 2.05) is 36.4 Å². The Morgan fingerprint density at radius 3 is 2.76 bits per heavy atom. The predicted octanol–water partition coefficient (Wildman–Crippen LogP) is 4.49. The Hall–Kier alpha value is -2.02. The fourth-order valence-corrected chi connectivity index (χ4v) is 5.42. The first-order valence-electron chi connectivity index (χ1n) is 9.77. The molecule has 29 heavy (non-hydrogen) atoms. The number of ether oxygens (including phenoxy) is 2. The Morgan fingerprint density at radius 2 is 2.00 bits per heavy atom. The van der Waals surface area contributed by atoms with Gasteiger partial charge in [0.15, 0.2) is 5.78 Å². The number of methoxy groups -OCH3 is 1. The fourth-order valence-electron chi connectivity index (χ4n) is 4.15. The molecule has 4 nitrogen and oxygen atoms in total. The third-order valence-electron chi connectivity index (χ3n) is 5.64. The van der Waals surface area contributed by atoms with Crippen molar-refractivity contribution >= 4 is 22.6 Å². The van der Waals surface area contributed by atoms with Crippen LogP contribution >= 0.6 is 11.8 Å². The number of hydrogen-bond donors (Lipinski definition) is 0. The maximum Gasteiger partial charge on any atom is 0.169 e. The number of benzene rings is 2. The van der Waals surface area contributed by atoms with Crippen molar-refractivity contribution in [2.75, 3.05) is 26.1 Å². The SMILES string of the molecule is COC[C@H]1C[C@H]2CSC(CC(=O)c3ccccc3)=N[C@@]2(c2ccccc2F)CO1. The van der Waals surface area contributed by atoms with E-state index in [0.717, 1.165) is 17.2 Å². The van der Waals surface area contributed by atoms with Gasteiger partial charge in [0, 0.05) is 29.9 Å². The number of carbonyl (C=O) groups excluding carboxylic acids is 1. The molecule has 0 aromatic heterocycles.